The van der Waals surface area contributed by atoms with Crippen LogP contribution in [0.15, 0.2) is 24.3 Å². The molecule has 1 aromatic rings. The molecule has 44 heavy (non-hydrogen) atoms. The number of nitrogens with zero attached hydrogens (tertiary/aromatic N) is 5. The van der Waals surface area contributed by atoms with Crippen molar-refractivity contribution in [1.82, 2.24) is 19.6 Å². The Labute approximate surface area is 258 Å². The maximum Gasteiger partial charge on any atom is 0.317 e. The van der Waals surface area contributed by atoms with Crippen LogP contribution in [0.25, 0.3) is 0 Å². The largest absolute Gasteiger partial charge is 0.480 e. The highest BCUT2D eigenvalue weighted by atomic mass is 16.6. The molecule has 0 bridgehead atoms. The van der Waals surface area contributed by atoms with E-state index in [1.807, 2.05) is 32.6 Å². The number of hydrogen-bond donors (Lipinski definition) is 4. The van der Waals surface area contributed by atoms with Crippen LogP contribution in [0.1, 0.15) is 46.1 Å². The van der Waals surface area contributed by atoms with Gasteiger partial charge in [-0.2, -0.15) is 0 Å². The van der Waals surface area contributed by atoms with Gasteiger partial charge in [0, 0.05) is 64.0 Å². The molecule has 1 fully saturated rings. The third-order valence-electron chi connectivity index (χ3n) is 6.71. The van der Waals surface area contributed by atoms with Gasteiger partial charge in [0.05, 0.1) is 31.1 Å². The Morgan fingerprint density at radius 3 is 1.59 bits per heavy atom. The van der Waals surface area contributed by atoms with Crippen LogP contribution in [-0.2, 0) is 25.6 Å². The van der Waals surface area contributed by atoms with Crippen LogP contribution in [0.3, 0.4) is 0 Å². The van der Waals surface area contributed by atoms with Crippen LogP contribution in [0, 0.1) is 10.1 Å². The summed E-state index contributed by atoms with van der Waals surface area (Å²) in [5.74, 6) is -4.36. The van der Waals surface area contributed by atoms with Crippen molar-refractivity contribution >= 4 is 29.6 Å². The summed E-state index contributed by atoms with van der Waals surface area (Å²) in [6.07, 6.45) is 1.73. The minimum absolute atomic E-state index is 0.0202. The first kappa shape index (κ1) is 40.3. The predicted molar refractivity (Wildman–Crippen MR) is 164 cm³/mol. The van der Waals surface area contributed by atoms with Crippen LogP contribution in [0.4, 0.5) is 5.69 Å². The fraction of sp³-hybridized carbons (Fsp3) is 0.655. The molecular weight excluding hydrogens is 578 g/mol. The fourth-order valence-electron chi connectivity index (χ4n) is 4.80. The molecule has 1 heterocycles. The Hall–Kier alpha value is -3.66. The van der Waals surface area contributed by atoms with E-state index in [4.69, 9.17) is 0 Å². The Bertz CT molecular complexity index is 980. The number of rotatable bonds is 16. The quantitative estimate of drug-likeness (QED) is 0.153. The molecule has 2 rings (SSSR count). The SMILES string of the molecule is CC.CC.O=C(O)CN1CCN(CC(=O)O)CCN(C(CCCc2ccc([N+](=O)[O-])cc2)CN(CC(=O)O)CC(=O)O)CC1. The van der Waals surface area contributed by atoms with E-state index in [1.54, 1.807) is 21.9 Å². The number of hydrogen-bond acceptors (Lipinski definition) is 10. The highest BCUT2D eigenvalue weighted by molar-refractivity contribution is 5.72. The Morgan fingerprint density at radius 1 is 0.773 bits per heavy atom. The molecule has 0 spiro atoms. The summed E-state index contributed by atoms with van der Waals surface area (Å²) in [4.78, 5) is 62.9. The molecular formula is C29H49N5O10. The molecule has 1 aliphatic rings. The summed E-state index contributed by atoms with van der Waals surface area (Å²) in [5, 5.41) is 48.3. The molecule has 1 atom stereocenters. The molecule has 0 aromatic heterocycles. The van der Waals surface area contributed by atoms with E-state index in [0.717, 1.165) is 5.56 Å². The van der Waals surface area contributed by atoms with Gasteiger partial charge in [0.2, 0.25) is 0 Å². The highest BCUT2D eigenvalue weighted by Crippen LogP contribution is 2.17. The highest BCUT2D eigenvalue weighted by Gasteiger charge is 2.27. The van der Waals surface area contributed by atoms with Crippen molar-refractivity contribution in [2.45, 2.75) is 53.0 Å². The topological polar surface area (TPSA) is 205 Å². The van der Waals surface area contributed by atoms with Gasteiger partial charge in [0.1, 0.15) is 0 Å². The Balaban J connectivity index is 0.00000443. The first-order valence-electron chi connectivity index (χ1n) is 14.9. The van der Waals surface area contributed by atoms with Gasteiger partial charge in [0.15, 0.2) is 0 Å². The number of aliphatic carboxylic acids is 4. The van der Waals surface area contributed by atoms with Gasteiger partial charge >= 0.3 is 23.9 Å². The number of nitro groups is 1. The number of carboxylic acid groups (broad SMARTS) is 4. The zero-order valence-electron chi connectivity index (χ0n) is 26.3. The summed E-state index contributed by atoms with van der Waals surface area (Å²) in [7, 11) is 0. The molecule has 1 aromatic carbocycles. The maximum absolute atomic E-state index is 11.4. The number of aryl methyl sites for hydroxylation is 1. The smallest absolute Gasteiger partial charge is 0.317 e. The number of nitro benzene ring substituents is 1. The predicted octanol–water partition coefficient (Wildman–Crippen LogP) is 1.90. The van der Waals surface area contributed by atoms with E-state index in [2.05, 4.69) is 0 Å². The lowest BCUT2D eigenvalue weighted by Gasteiger charge is -2.36. The molecule has 250 valence electrons. The lowest BCUT2D eigenvalue weighted by atomic mass is 10.0. The van der Waals surface area contributed by atoms with Crippen molar-refractivity contribution in [3.8, 4) is 0 Å². The van der Waals surface area contributed by atoms with Crippen molar-refractivity contribution in [2.75, 3.05) is 72.0 Å². The third-order valence-corrected chi connectivity index (χ3v) is 6.71. The van der Waals surface area contributed by atoms with Crippen molar-refractivity contribution in [3.63, 3.8) is 0 Å². The zero-order valence-corrected chi connectivity index (χ0v) is 26.3. The molecule has 1 saturated heterocycles. The minimum Gasteiger partial charge on any atom is -0.480 e. The van der Waals surface area contributed by atoms with Gasteiger partial charge in [-0.05, 0) is 24.8 Å². The first-order valence-corrected chi connectivity index (χ1v) is 14.9. The van der Waals surface area contributed by atoms with E-state index in [1.165, 1.54) is 17.0 Å². The Kier molecular flexibility index (Phi) is 20.9. The number of carbonyl (C=O) groups is 4. The molecule has 4 N–H and O–H groups in total. The lowest BCUT2D eigenvalue weighted by molar-refractivity contribution is -0.384. The molecule has 0 amide bonds. The molecule has 1 unspecified atom stereocenters. The molecule has 0 radical (unpaired) electrons. The van der Waals surface area contributed by atoms with Crippen molar-refractivity contribution < 1.29 is 44.5 Å². The number of carboxylic acids is 4. The summed E-state index contributed by atoms with van der Waals surface area (Å²) >= 11 is 0. The normalized spacial score (nSPS) is 15.3. The van der Waals surface area contributed by atoms with E-state index in [0.29, 0.717) is 58.5 Å². The third kappa shape index (κ3) is 17.5. The van der Waals surface area contributed by atoms with Gasteiger partial charge in [0.25, 0.3) is 5.69 Å². The summed E-state index contributed by atoms with van der Waals surface area (Å²) < 4.78 is 0. The van der Waals surface area contributed by atoms with Crippen LogP contribution in [0.2, 0.25) is 0 Å². The van der Waals surface area contributed by atoms with Gasteiger partial charge in [-0.25, -0.2) is 0 Å². The first-order chi connectivity index (χ1) is 20.9. The molecule has 15 nitrogen and oxygen atoms in total. The van der Waals surface area contributed by atoms with Crippen molar-refractivity contribution in [3.05, 3.63) is 39.9 Å². The van der Waals surface area contributed by atoms with E-state index >= 15 is 0 Å². The number of non-ortho nitro benzene ring substituents is 1. The van der Waals surface area contributed by atoms with Crippen LogP contribution in [-0.4, -0.2) is 147 Å². The van der Waals surface area contributed by atoms with Gasteiger partial charge in [-0.15, -0.1) is 0 Å². The summed E-state index contributed by atoms with van der Waals surface area (Å²) in [5.41, 5.74) is 0.857. The fourth-order valence-corrected chi connectivity index (χ4v) is 4.80. The van der Waals surface area contributed by atoms with Crippen molar-refractivity contribution in [1.29, 1.82) is 0 Å². The molecule has 1 aliphatic heterocycles. The van der Waals surface area contributed by atoms with E-state index in [9.17, 15) is 49.7 Å². The molecule has 0 aliphatic carbocycles. The lowest BCUT2D eigenvalue weighted by Crippen LogP contribution is -2.50. The van der Waals surface area contributed by atoms with Crippen molar-refractivity contribution in [2.24, 2.45) is 0 Å². The van der Waals surface area contributed by atoms with Gasteiger partial charge in [-0.3, -0.25) is 48.9 Å². The number of benzene rings is 1. The average Bonchev–Trinajstić information content (AvgIpc) is 3.05. The van der Waals surface area contributed by atoms with E-state index in [-0.39, 0.29) is 31.4 Å². The zero-order chi connectivity index (χ0) is 33.7. The maximum atomic E-state index is 11.4. The Morgan fingerprint density at radius 2 is 1.20 bits per heavy atom. The van der Waals surface area contributed by atoms with E-state index < -0.39 is 41.9 Å². The minimum atomic E-state index is -1.17. The second kappa shape index (κ2) is 22.8. The summed E-state index contributed by atoms with van der Waals surface area (Å²) in [6.45, 7) is 9.06. The van der Waals surface area contributed by atoms with Crippen LogP contribution in [0.5, 0.6) is 0 Å². The van der Waals surface area contributed by atoms with Gasteiger partial charge < -0.3 is 20.4 Å². The van der Waals surface area contributed by atoms with Gasteiger partial charge in [-0.1, -0.05) is 39.8 Å². The monoisotopic (exact) mass is 627 g/mol. The molecule has 0 saturated carbocycles. The second-order valence-electron chi connectivity index (χ2n) is 9.80. The van der Waals surface area contributed by atoms with Crippen LogP contribution >= 0.6 is 0 Å². The second-order valence-corrected chi connectivity index (χ2v) is 9.80. The standard InChI is InChI=1S/C25H37N5O10.2C2H6/c31-22(32)15-26-8-9-27(16-23(33)34)11-13-29(12-10-26)21(14-28(17-24(35)36)18-25(37)38)3-1-2-19-4-6-20(7-5-19)30(39)40;2*1-2/h4-7,21H,1-3,8-18H2,(H,31,32)(H,33,34)(H,35,36)(H,37,38);2*1-2H3. The molecule has 15 heteroatoms. The van der Waals surface area contributed by atoms with Crippen LogP contribution < -0.4 is 0 Å². The average molecular weight is 628 g/mol. The summed E-state index contributed by atoms with van der Waals surface area (Å²) in [6, 6.07) is 5.87.